The van der Waals surface area contributed by atoms with E-state index in [1.54, 1.807) is 0 Å². The normalized spacial score (nSPS) is 12.3. The van der Waals surface area contributed by atoms with Gasteiger partial charge >= 0.3 is 11.9 Å². The third-order valence-corrected chi connectivity index (χ3v) is 19.2. The number of carboxylic acids is 1. The quantitative estimate of drug-likeness (QED) is 0.0440. The van der Waals surface area contributed by atoms with Crippen molar-refractivity contribution in [3.05, 3.63) is 0 Å². The van der Waals surface area contributed by atoms with Gasteiger partial charge in [-0.1, -0.05) is 77.6 Å². The number of aliphatic carboxylic acids is 1. The molecule has 43 heteroatoms. The monoisotopic (exact) mass is 2070 g/mol. The molecule has 0 aromatic carbocycles. The number of ether oxygens (including phenoxy) is 37. The fraction of sp³-hybridized carbons (Fsp3) is 0.970. The van der Waals surface area contributed by atoms with Gasteiger partial charge in [0.2, 0.25) is 5.91 Å². The predicted octanol–water partition coefficient (Wildman–Crippen LogP) is 6.37. The zero-order chi connectivity index (χ0) is 102. The summed E-state index contributed by atoms with van der Waals surface area (Å²) in [5.74, 6) is -1.96. The highest BCUT2D eigenvalue weighted by Gasteiger charge is 2.28. The molecule has 43 nitrogen and oxygen atoms in total. The van der Waals surface area contributed by atoms with E-state index in [0.717, 1.165) is 12.8 Å². The van der Waals surface area contributed by atoms with Crippen molar-refractivity contribution < 1.29 is 200 Å². The zero-order valence-corrected chi connectivity index (χ0v) is 87.8. The number of carbonyl (C=O) groups excluding carboxylic acids is 2. The minimum absolute atomic E-state index is 0.0137. The van der Waals surface area contributed by atoms with Crippen LogP contribution in [0, 0.1) is 5.92 Å². The lowest BCUT2D eigenvalue weighted by Gasteiger charge is -2.25. The van der Waals surface area contributed by atoms with Crippen LogP contribution >= 0.6 is 0 Å². The van der Waals surface area contributed by atoms with Crippen molar-refractivity contribution in [2.24, 2.45) is 5.92 Å². The topological polar surface area (TPSA) is 445 Å². The first-order chi connectivity index (χ1) is 70.0. The molecule has 142 heavy (non-hydrogen) atoms. The number of aliphatic hydroxyl groups is 1. The molecule has 3 N–H and O–H groups in total. The minimum atomic E-state index is -0.883. The van der Waals surface area contributed by atoms with Crippen molar-refractivity contribution in [2.45, 2.75) is 142 Å². The van der Waals surface area contributed by atoms with E-state index in [0.29, 0.717) is 495 Å². The first-order valence-electron chi connectivity index (χ1n) is 52.2. The van der Waals surface area contributed by atoms with E-state index in [9.17, 15) is 19.5 Å². The molecule has 0 bridgehead atoms. The van der Waals surface area contributed by atoms with Crippen LogP contribution in [0.15, 0.2) is 0 Å². The molecule has 1 amide bonds. The highest BCUT2D eigenvalue weighted by Crippen LogP contribution is 2.23. The SMILES string of the molecule is CCCCCCCCCCCCCC(O)C[C@@H](CCC(=O)NCCOCCOCCOCCOCCOCCOCCOCCOCCOCCOCCOCCOCCOCCOCCOCCOCCOCCOCCOCCOCCOCCOCCOCCOCCOCCOCCOCCOCCOCCOCCOCCOCCOCCOCCOCCOCCC(=O)O)C(=O)OC(C)(C)C. The second-order valence-corrected chi connectivity index (χ2v) is 32.5. The van der Waals surface area contributed by atoms with Gasteiger partial charge in [0.05, 0.1) is 494 Å². The number of carboxylic acid groups (broad SMARTS) is 1. The summed E-state index contributed by atoms with van der Waals surface area (Å²) >= 11 is 0. The van der Waals surface area contributed by atoms with E-state index in [4.69, 9.17) is 180 Å². The van der Waals surface area contributed by atoms with E-state index in [1.807, 2.05) is 20.8 Å². The van der Waals surface area contributed by atoms with Gasteiger partial charge in [0, 0.05) is 13.0 Å². The third-order valence-electron chi connectivity index (χ3n) is 19.2. The van der Waals surface area contributed by atoms with Crippen molar-refractivity contribution in [1.82, 2.24) is 5.32 Å². The Bertz CT molecular complexity index is 2360. The molecule has 0 aromatic rings. The van der Waals surface area contributed by atoms with Crippen LogP contribution in [0.1, 0.15) is 130 Å². The lowest BCUT2D eigenvalue weighted by molar-refractivity contribution is -0.161. The number of aliphatic hydroxyl groups excluding tert-OH is 1. The molecule has 0 rings (SSSR count). The average molecular weight is 2070 g/mol. The summed E-state index contributed by atoms with van der Waals surface area (Å²) in [6.07, 6.45) is 14.4. The van der Waals surface area contributed by atoms with Crippen LogP contribution in [0.4, 0.5) is 0 Å². The lowest BCUT2D eigenvalue weighted by atomic mass is 9.93. The molecule has 0 aliphatic rings. The second kappa shape index (κ2) is 123. The molecule has 0 aliphatic heterocycles. The number of hydrogen-bond acceptors (Lipinski definition) is 41. The summed E-state index contributed by atoms with van der Waals surface area (Å²) in [4.78, 5) is 36.1. The second-order valence-electron chi connectivity index (χ2n) is 32.5. The van der Waals surface area contributed by atoms with Crippen molar-refractivity contribution in [3.8, 4) is 0 Å². The van der Waals surface area contributed by atoms with Crippen LogP contribution in [0.5, 0.6) is 0 Å². The molecule has 0 radical (unpaired) electrons. The number of rotatable bonds is 129. The Balaban J connectivity index is 3.22. The van der Waals surface area contributed by atoms with Crippen LogP contribution in [0.3, 0.4) is 0 Å². The molecule has 0 saturated carbocycles. The summed E-state index contributed by atoms with van der Waals surface area (Å²) in [6.45, 7) is 40.8. The van der Waals surface area contributed by atoms with E-state index in [2.05, 4.69) is 12.2 Å². The van der Waals surface area contributed by atoms with Crippen molar-refractivity contribution in [1.29, 1.82) is 0 Å². The summed E-state index contributed by atoms with van der Waals surface area (Å²) in [5, 5.41) is 22.2. The highest BCUT2D eigenvalue weighted by molar-refractivity contribution is 5.78. The van der Waals surface area contributed by atoms with E-state index >= 15 is 0 Å². The molecule has 1 unspecified atom stereocenters. The van der Waals surface area contributed by atoms with Crippen LogP contribution in [-0.2, 0) is 190 Å². The molecule has 0 heterocycles. The van der Waals surface area contributed by atoms with Crippen LogP contribution < -0.4 is 5.32 Å². The van der Waals surface area contributed by atoms with Crippen LogP contribution in [0.25, 0.3) is 0 Å². The molecular weight excluding hydrogens is 1880 g/mol. The molecular formula is C99H195NO42. The molecule has 0 aliphatic carbocycles. The molecule has 2 atom stereocenters. The molecule has 0 saturated heterocycles. The first-order valence-corrected chi connectivity index (χ1v) is 52.2. The van der Waals surface area contributed by atoms with Gasteiger partial charge < -0.3 is 191 Å². The first kappa shape index (κ1) is 139. The summed E-state index contributed by atoms with van der Waals surface area (Å²) < 4.78 is 205. The molecule has 0 aromatic heterocycles. The average Bonchev–Trinajstić information content (AvgIpc) is 0.886. The molecule has 848 valence electrons. The Kier molecular flexibility index (Phi) is 120. The highest BCUT2D eigenvalue weighted by atomic mass is 16.6. The number of carbonyl (C=O) groups is 3. The van der Waals surface area contributed by atoms with Gasteiger partial charge in [0.1, 0.15) is 5.60 Å². The van der Waals surface area contributed by atoms with Gasteiger partial charge in [-0.2, -0.15) is 0 Å². The van der Waals surface area contributed by atoms with Crippen LogP contribution in [-0.4, -0.2) is 522 Å². The van der Waals surface area contributed by atoms with Gasteiger partial charge in [-0.3, -0.25) is 14.4 Å². The summed E-state index contributed by atoms with van der Waals surface area (Å²) in [7, 11) is 0. The number of amides is 1. The Morgan fingerprint density at radius 2 is 0.366 bits per heavy atom. The van der Waals surface area contributed by atoms with Crippen LogP contribution in [0.2, 0.25) is 0 Å². The van der Waals surface area contributed by atoms with Gasteiger partial charge in [0.25, 0.3) is 0 Å². The third kappa shape index (κ3) is 126. The number of hydrogen-bond donors (Lipinski definition) is 3. The fourth-order valence-electron chi connectivity index (χ4n) is 11.8. The summed E-state index contributed by atoms with van der Waals surface area (Å²) in [5.41, 5.74) is -0.649. The Labute approximate surface area is 849 Å². The van der Waals surface area contributed by atoms with Gasteiger partial charge in [-0.15, -0.1) is 0 Å². The fourth-order valence-corrected chi connectivity index (χ4v) is 11.8. The minimum Gasteiger partial charge on any atom is -0.481 e. The molecule has 0 spiro atoms. The predicted molar refractivity (Wildman–Crippen MR) is 525 cm³/mol. The van der Waals surface area contributed by atoms with Crippen molar-refractivity contribution in [3.63, 3.8) is 0 Å². The van der Waals surface area contributed by atoms with Gasteiger partial charge in [0.15, 0.2) is 0 Å². The standard InChI is InChI=1S/C99H195NO42/c1-5-6-7-8-9-10-11-12-13-14-15-16-95(101)93-94(98(105)142-99(2,3)4)17-18-96(102)100-20-22-107-24-26-109-28-30-111-32-34-113-36-38-115-40-42-117-44-46-119-48-50-121-52-54-123-56-58-125-60-62-127-64-66-129-68-70-131-72-74-133-76-78-135-80-82-137-84-86-139-88-90-141-92-91-140-89-87-138-85-83-136-81-79-134-77-75-132-73-71-130-69-67-128-65-63-126-61-59-124-57-55-122-53-51-120-49-47-118-45-43-116-41-39-114-37-35-112-33-31-110-29-27-108-25-23-106-21-19-97(103)104/h94-95,101H,5-93H2,1-4H3,(H,100,102)(H,103,104)/t94-,95?/m1/s1. The van der Waals surface area contributed by atoms with E-state index in [1.165, 1.54) is 57.8 Å². The zero-order valence-electron chi connectivity index (χ0n) is 87.8. The van der Waals surface area contributed by atoms with Crippen molar-refractivity contribution in [2.75, 3.05) is 482 Å². The van der Waals surface area contributed by atoms with Crippen molar-refractivity contribution >= 4 is 17.8 Å². The lowest BCUT2D eigenvalue weighted by Crippen LogP contribution is -2.32. The maximum atomic E-state index is 13.0. The van der Waals surface area contributed by atoms with Gasteiger partial charge in [-0.25, -0.2) is 0 Å². The molecule has 0 fully saturated rings. The Morgan fingerprint density at radius 1 is 0.211 bits per heavy atom. The smallest absolute Gasteiger partial charge is 0.309 e. The number of nitrogens with one attached hydrogen (secondary N) is 1. The Hall–Kier alpha value is -3.07. The summed E-state index contributed by atoms with van der Waals surface area (Å²) in [6, 6.07) is 0. The number of esters is 1. The maximum Gasteiger partial charge on any atom is 0.309 e. The van der Waals surface area contributed by atoms with E-state index in [-0.39, 0.29) is 31.3 Å². The van der Waals surface area contributed by atoms with Gasteiger partial charge in [-0.05, 0) is 40.0 Å². The number of unbranched alkanes of at least 4 members (excludes halogenated alkanes) is 10. The Morgan fingerprint density at radius 3 is 0.528 bits per heavy atom. The largest absolute Gasteiger partial charge is 0.481 e. The van der Waals surface area contributed by atoms with E-state index < -0.39 is 23.6 Å². The maximum absolute atomic E-state index is 13.0.